The fourth-order valence-electron chi connectivity index (χ4n) is 6.96. The quantitative estimate of drug-likeness (QED) is 0.762. The van der Waals surface area contributed by atoms with E-state index >= 15 is 0 Å². The molecule has 2 fully saturated rings. The maximum atomic E-state index is 12.9. The number of aromatic nitrogens is 4. The molecule has 1 N–H and O–H groups in total. The van der Waals surface area contributed by atoms with Crippen molar-refractivity contribution in [3.05, 3.63) is 12.7 Å². The minimum absolute atomic E-state index is 0.0944. The third kappa shape index (κ3) is 2.95. The van der Waals surface area contributed by atoms with Gasteiger partial charge in [0, 0.05) is 18.4 Å². The molecule has 0 spiro atoms. The van der Waals surface area contributed by atoms with E-state index in [1.807, 2.05) is 0 Å². The van der Waals surface area contributed by atoms with Gasteiger partial charge in [0.05, 0.1) is 11.9 Å². The van der Waals surface area contributed by atoms with Crippen LogP contribution in [0.5, 0.6) is 0 Å². The van der Waals surface area contributed by atoms with Crippen LogP contribution in [0.25, 0.3) is 11.2 Å². The van der Waals surface area contributed by atoms with Crippen molar-refractivity contribution in [2.45, 2.75) is 91.1 Å². The average Bonchev–Trinajstić information content (AvgIpc) is 3.14. The number of aryl methyl sites for hydroxylation is 1. The minimum atomic E-state index is -0.435. The summed E-state index contributed by atoms with van der Waals surface area (Å²) in [5.41, 5.74) is 0.909. The van der Waals surface area contributed by atoms with E-state index in [1.165, 1.54) is 11.4 Å². The number of hydrogen-bond donors (Lipinski definition) is 1. The third-order valence-corrected chi connectivity index (χ3v) is 9.52. The van der Waals surface area contributed by atoms with Crippen LogP contribution in [0.4, 0.5) is 5.82 Å². The summed E-state index contributed by atoms with van der Waals surface area (Å²) in [7, 11) is 0. The predicted molar refractivity (Wildman–Crippen MR) is 119 cm³/mol. The number of anilines is 1. The smallest absolute Gasteiger partial charge is 0.183 e. The van der Waals surface area contributed by atoms with Gasteiger partial charge in [-0.3, -0.25) is 10.0 Å². The molecule has 0 saturated heterocycles. The number of fused-ring (bicyclic) bond motifs is 1. The first-order chi connectivity index (χ1) is 14.7. The molecule has 31 heavy (non-hydrogen) atoms. The minimum Gasteiger partial charge on any atom is -0.326 e. The summed E-state index contributed by atoms with van der Waals surface area (Å²) in [6.45, 7) is 9.93. The van der Waals surface area contributed by atoms with E-state index in [9.17, 15) is 10.0 Å². The van der Waals surface area contributed by atoms with Crippen molar-refractivity contribution in [3.8, 4) is 0 Å². The van der Waals surface area contributed by atoms with Gasteiger partial charge in [-0.25, -0.2) is 20.0 Å². The van der Waals surface area contributed by atoms with Crippen molar-refractivity contribution >= 4 is 22.8 Å². The second-order valence-electron chi connectivity index (χ2n) is 11.1. The van der Waals surface area contributed by atoms with Crippen molar-refractivity contribution in [1.29, 1.82) is 0 Å². The lowest BCUT2D eigenvalue weighted by atomic mass is 9.46. The molecule has 7 nitrogen and oxygen atoms in total. The molecule has 3 heterocycles. The monoisotopic (exact) mass is 425 g/mol. The molecule has 7 heteroatoms. The molecule has 0 bridgehead atoms. The number of rotatable bonds is 3. The molecule has 3 aliphatic rings. The van der Waals surface area contributed by atoms with Crippen molar-refractivity contribution in [1.82, 2.24) is 19.5 Å². The Bertz CT molecular complexity index is 1020. The second kappa shape index (κ2) is 6.99. The van der Waals surface area contributed by atoms with Crippen molar-refractivity contribution in [3.63, 3.8) is 0 Å². The normalized spacial score (nSPS) is 38.2. The second-order valence-corrected chi connectivity index (χ2v) is 11.1. The lowest BCUT2D eigenvalue weighted by Gasteiger charge is -2.57. The number of carbonyl (C=O) groups excluding carboxylic acids is 1. The van der Waals surface area contributed by atoms with Gasteiger partial charge in [-0.1, -0.05) is 20.8 Å². The first-order valence-corrected chi connectivity index (χ1v) is 11.9. The van der Waals surface area contributed by atoms with E-state index in [0.29, 0.717) is 29.1 Å². The number of hydrogen-bond acceptors (Lipinski definition) is 6. The topological polar surface area (TPSA) is 84.1 Å². The standard InChI is InChI=1S/C24H35N5O2/c1-16-8-9-24(4)17(6-5-7-18(24)30)23(16,3)11-10-22(2)12-13-28-15-27-20-19(28)21(29(22)31)26-14-25-20/h14-17,31H,5-13H2,1-4H3/t16-,17-,22+,23?,24?/m1/s1. The Morgan fingerprint density at radius 2 is 1.94 bits per heavy atom. The van der Waals surface area contributed by atoms with Crippen LogP contribution in [0, 0.1) is 22.7 Å². The molecule has 2 unspecified atom stereocenters. The highest BCUT2D eigenvalue weighted by Crippen LogP contribution is 2.60. The Labute approximate surface area is 184 Å². The van der Waals surface area contributed by atoms with Gasteiger partial charge in [0.15, 0.2) is 11.5 Å². The molecule has 2 saturated carbocycles. The van der Waals surface area contributed by atoms with Crippen molar-refractivity contribution < 1.29 is 10.0 Å². The van der Waals surface area contributed by atoms with Crippen LogP contribution in [0.3, 0.4) is 0 Å². The lowest BCUT2D eigenvalue weighted by molar-refractivity contribution is -0.149. The van der Waals surface area contributed by atoms with Crippen LogP contribution in [-0.2, 0) is 11.3 Å². The molecule has 2 aliphatic carbocycles. The maximum absolute atomic E-state index is 12.9. The molecule has 0 radical (unpaired) electrons. The zero-order chi connectivity index (χ0) is 22.0. The number of nitrogens with zero attached hydrogens (tertiary/aromatic N) is 5. The zero-order valence-corrected chi connectivity index (χ0v) is 19.3. The van der Waals surface area contributed by atoms with E-state index in [2.05, 4.69) is 47.2 Å². The molecule has 1 aliphatic heterocycles. The van der Waals surface area contributed by atoms with Gasteiger partial charge < -0.3 is 4.57 Å². The van der Waals surface area contributed by atoms with E-state index in [0.717, 1.165) is 63.4 Å². The summed E-state index contributed by atoms with van der Waals surface area (Å²) >= 11 is 0. The number of ketones is 1. The first-order valence-electron chi connectivity index (χ1n) is 11.9. The van der Waals surface area contributed by atoms with Crippen LogP contribution in [0.1, 0.15) is 79.1 Å². The summed E-state index contributed by atoms with van der Waals surface area (Å²) < 4.78 is 2.06. The number of carbonyl (C=O) groups is 1. The molecule has 5 atom stereocenters. The fraction of sp³-hybridized carbons (Fsp3) is 0.750. The summed E-state index contributed by atoms with van der Waals surface area (Å²) in [5.74, 6) is 2.01. The third-order valence-electron chi connectivity index (χ3n) is 9.52. The van der Waals surface area contributed by atoms with Gasteiger partial charge in [0.25, 0.3) is 0 Å². The lowest BCUT2D eigenvalue weighted by Crippen LogP contribution is -2.54. The van der Waals surface area contributed by atoms with Crippen LogP contribution in [0.15, 0.2) is 12.7 Å². The molecular formula is C24H35N5O2. The molecule has 2 aromatic rings. The van der Waals surface area contributed by atoms with Crippen LogP contribution in [-0.4, -0.2) is 36.0 Å². The molecular weight excluding hydrogens is 390 g/mol. The maximum Gasteiger partial charge on any atom is 0.183 e. The Kier molecular flexibility index (Phi) is 4.70. The van der Waals surface area contributed by atoms with Gasteiger partial charge in [-0.2, -0.15) is 0 Å². The van der Waals surface area contributed by atoms with E-state index in [-0.39, 0.29) is 10.8 Å². The highest BCUT2D eigenvalue weighted by atomic mass is 16.5. The van der Waals surface area contributed by atoms with Gasteiger partial charge in [0.2, 0.25) is 0 Å². The van der Waals surface area contributed by atoms with Gasteiger partial charge in [0.1, 0.15) is 17.6 Å². The Hall–Kier alpha value is -2.02. The van der Waals surface area contributed by atoms with Crippen LogP contribution < -0.4 is 5.06 Å². The molecule has 2 aromatic heterocycles. The molecule has 0 aromatic carbocycles. The first kappa shape index (κ1) is 20.9. The van der Waals surface area contributed by atoms with Gasteiger partial charge >= 0.3 is 0 Å². The average molecular weight is 426 g/mol. The van der Waals surface area contributed by atoms with Crippen molar-refractivity contribution in [2.24, 2.45) is 22.7 Å². The number of imidazole rings is 1. The highest BCUT2D eigenvalue weighted by Gasteiger charge is 2.56. The summed E-state index contributed by atoms with van der Waals surface area (Å²) in [4.78, 5) is 26.0. The van der Waals surface area contributed by atoms with Crippen LogP contribution >= 0.6 is 0 Å². The highest BCUT2D eigenvalue weighted by molar-refractivity contribution is 5.86. The Balaban J connectivity index is 1.44. The molecule has 5 rings (SSSR count). The fourth-order valence-corrected chi connectivity index (χ4v) is 6.96. The Morgan fingerprint density at radius 3 is 2.74 bits per heavy atom. The summed E-state index contributed by atoms with van der Waals surface area (Å²) in [5, 5.41) is 12.7. The number of hydroxylamine groups is 1. The number of Topliss-reactive ketones (excluding diaryl/α,β-unsaturated/α-hetero) is 1. The van der Waals surface area contributed by atoms with E-state index in [1.54, 1.807) is 6.33 Å². The summed E-state index contributed by atoms with van der Waals surface area (Å²) in [6.07, 6.45) is 11.0. The van der Waals surface area contributed by atoms with E-state index in [4.69, 9.17) is 0 Å². The van der Waals surface area contributed by atoms with Gasteiger partial charge in [-0.15, -0.1) is 0 Å². The molecule has 168 valence electrons. The van der Waals surface area contributed by atoms with Crippen molar-refractivity contribution in [2.75, 3.05) is 5.06 Å². The van der Waals surface area contributed by atoms with Crippen LogP contribution in [0.2, 0.25) is 0 Å². The SMILES string of the molecule is C[C@@H]1CCC2(C)C(=O)CCC[C@@H]2C1(C)CC[C@@]1(C)CCn2cnc3ncnc(c32)N1O. The zero-order valence-electron chi connectivity index (χ0n) is 19.3. The van der Waals surface area contributed by atoms with Gasteiger partial charge in [-0.05, 0) is 69.1 Å². The largest absolute Gasteiger partial charge is 0.326 e. The van der Waals surface area contributed by atoms with E-state index < -0.39 is 5.54 Å². The predicted octanol–water partition coefficient (Wildman–Crippen LogP) is 4.78. The summed E-state index contributed by atoms with van der Waals surface area (Å²) in [6, 6.07) is 0. The molecule has 0 amide bonds. The Morgan fingerprint density at radius 1 is 1.13 bits per heavy atom.